The van der Waals surface area contributed by atoms with Crippen molar-refractivity contribution in [1.29, 1.82) is 0 Å². The first-order valence-electron chi connectivity index (χ1n) is 6.43. The van der Waals surface area contributed by atoms with E-state index in [-0.39, 0.29) is 18.4 Å². The number of esters is 1. The van der Waals surface area contributed by atoms with Gasteiger partial charge in [0.15, 0.2) is 0 Å². The van der Waals surface area contributed by atoms with Crippen molar-refractivity contribution in [3.8, 4) is 0 Å². The van der Waals surface area contributed by atoms with E-state index in [0.717, 1.165) is 18.4 Å². The number of ether oxygens (including phenoxy) is 1. The third-order valence-corrected chi connectivity index (χ3v) is 2.63. The smallest absolute Gasteiger partial charge is 0.305 e. The summed E-state index contributed by atoms with van der Waals surface area (Å²) in [6.07, 6.45) is 2.79. The molecule has 1 rings (SSSR count). The number of Topliss-reactive ketones (excluding diaryl/α,β-unsaturated/α-hetero) is 1. The molecule has 0 radical (unpaired) electrons. The van der Waals surface area contributed by atoms with E-state index in [1.807, 2.05) is 37.3 Å². The van der Waals surface area contributed by atoms with E-state index in [9.17, 15) is 9.59 Å². The summed E-state index contributed by atoms with van der Waals surface area (Å²) in [5.74, 6) is -0.0727. The van der Waals surface area contributed by atoms with Crippen LogP contribution in [0.15, 0.2) is 30.3 Å². The number of hydrogen-bond donors (Lipinski definition) is 0. The molecule has 0 amide bonds. The molecule has 1 aromatic carbocycles. The number of carbonyl (C=O) groups is 2. The maximum Gasteiger partial charge on any atom is 0.305 e. The van der Waals surface area contributed by atoms with Crippen LogP contribution in [0.25, 0.3) is 0 Å². The first kappa shape index (κ1) is 14.4. The van der Waals surface area contributed by atoms with Crippen LogP contribution in [0.3, 0.4) is 0 Å². The molecule has 0 aromatic heterocycles. The van der Waals surface area contributed by atoms with E-state index in [0.29, 0.717) is 19.3 Å². The van der Waals surface area contributed by atoms with Gasteiger partial charge < -0.3 is 4.74 Å². The number of aryl methyl sites for hydroxylation is 1. The first-order chi connectivity index (χ1) is 8.72. The number of hydrogen-bond acceptors (Lipinski definition) is 3. The van der Waals surface area contributed by atoms with Gasteiger partial charge in [-0.2, -0.15) is 0 Å². The Bertz CT molecular complexity index is 371. The second kappa shape index (κ2) is 8.45. The summed E-state index contributed by atoms with van der Waals surface area (Å²) < 4.78 is 4.95. The number of rotatable bonds is 8. The van der Waals surface area contributed by atoms with Crippen molar-refractivity contribution in [2.75, 3.05) is 6.61 Å². The van der Waals surface area contributed by atoms with Gasteiger partial charge in [-0.15, -0.1) is 0 Å². The Labute approximate surface area is 108 Å². The quantitative estimate of drug-likeness (QED) is 0.664. The molecule has 0 bridgehead atoms. The molecule has 0 atom stereocenters. The van der Waals surface area contributed by atoms with Gasteiger partial charge in [0.1, 0.15) is 5.78 Å². The highest BCUT2D eigenvalue weighted by molar-refractivity contribution is 5.79. The molecule has 0 unspecified atom stereocenters. The van der Waals surface area contributed by atoms with Gasteiger partial charge in [-0.3, -0.25) is 9.59 Å². The van der Waals surface area contributed by atoms with Gasteiger partial charge >= 0.3 is 5.97 Å². The minimum absolute atomic E-state index is 0.142. The molecule has 98 valence electrons. The molecule has 0 N–H and O–H groups in total. The van der Waals surface area contributed by atoms with E-state index < -0.39 is 0 Å². The van der Waals surface area contributed by atoms with Crippen molar-refractivity contribution >= 4 is 11.8 Å². The fourth-order valence-corrected chi connectivity index (χ4v) is 1.61. The lowest BCUT2D eigenvalue weighted by atomic mass is 10.1. The summed E-state index contributed by atoms with van der Waals surface area (Å²) in [5.41, 5.74) is 1.16. The van der Waals surface area contributed by atoms with Crippen LogP contribution in [-0.2, 0) is 20.7 Å². The summed E-state index contributed by atoms with van der Waals surface area (Å²) in [4.78, 5) is 22.6. The van der Waals surface area contributed by atoms with Crippen LogP contribution in [0.4, 0.5) is 0 Å². The number of ketones is 1. The molecule has 0 aliphatic rings. The van der Waals surface area contributed by atoms with Gasteiger partial charge in [0.2, 0.25) is 0 Å². The third kappa shape index (κ3) is 6.18. The topological polar surface area (TPSA) is 43.4 Å². The molecule has 0 spiro atoms. The zero-order valence-corrected chi connectivity index (χ0v) is 10.9. The van der Waals surface area contributed by atoms with E-state index in [1.54, 1.807) is 0 Å². The third-order valence-electron chi connectivity index (χ3n) is 2.63. The Kier molecular flexibility index (Phi) is 6.77. The second-order valence-corrected chi connectivity index (χ2v) is 4.24. The number of carbonyl (C=O) groups excluding carboxylic acids is 2. The van der Waals surface area contributed by atoms with Crippen LogP contribution in [0.5, 0.6) is 0 Å². The van der Waals surface area contributed by atoms with Crippen LogP contribution >= 0.6 is 0 Å². The standard InChI is InChI=1S/C15H20O3/c1-2-6-15(17)18-12-11-14(16)10-9-13-7-4-3-5-8-13/h3-5,7-8H,2,6,9-12H2,1H3. The molecule has 0 aliphatic carbocycles. The van der Waals surface area contributed by atoms with Crippen LogP contribution in [-0.4, -0.2) is 18.4 Å². The lowest BCUT2D eigenvalue weighted by molar-refractivity contribution is -0.144. The zero-order valence-electron chi connectivity index (χ0n) is 10.9. The van der Waals surface area contributed by atoms with E-state index >= 15 is 0 Å². The van der Waals surface area contributed by atoms with Crippen LogP contribution < -0.4 is 0 Å². The average molecular weight is 248 g/mol. The summed E-state index contributed by atoms with van der Waals surface area (Å²) in [7, 11) is 0. The second-order valence-electron chi connectivity index (χ2n) is 4.24. The van der Waals surface area contributed by atoms with Gasteiger partial charge in [-0.25, -0.2) is 0 Å². The van der Waals surface area contributed by atoms with Gasteiger partial charge in [-0.05, 0) is 18.4 Å². The van der Waals surface area contributed by atoms with Crippen molar-refractivity contribution in [3.05, 3.63) is 35.9 Å². The molecule has 3 heteroatoms. The average Bonchev–Trinajstić information content (AvgIpc) is 2.38. The van der Waals surface area contributed by atoms with Gasteiger partial charge in [0.25, 0.3) is 0 Å². The Hall–Kier alpha value is -1.64. The minimum atomic E-state index is -0.214. The molecule has 0 aliphatic heterocycles. The molecule has 3 nitrogen and oxygen atoms in total. The van der Waals surface area contributed by atoms with Crippen LogP contribution in [0.2, 0.25) is 0 Å². The summed E-state index contributed by atoms with van der Waals surface area (Å²) in [6, 6.07) is 9.90. The van der Waals surface area contributed by atoms with Crippen molar-refractivity contribution in [2.45, 2.75) is 39.0 Å². The van der Waals surface area contributed by atoms with E-state index in [1.165, 1.54) is 0 Å². The van der Waals surface area contributed by atoms with E-state index in [2.05, 4.69) is 0 Å². The minimum Gasteiger partial charge on any atom is -0.465 e. The molecule has 1 aromatic rings. The lowest BCUT2D eigenvalue weighted by Gasteiger charge is -2.04. The summed E-state index contributed by atoms with van der Waals surface area (Å²) in [6.45, 7) is 2.14. The Morgan fingerprint density at radius 3 is 2.44 bits per heavy atom. The Balaban J connectivity index is 2.13. The predicted molar refractivity (Wildman–Crippen MR) is 70.3 cm³/mol. The lowest BCUT2D eigenvalue weighted by Crippen LogP contribution is -2.09. The molecule has 18 heavy (non-hydrogen) atoms. The van der Waals surface area contributed by atoms with Crippen molar-refractivity contribution in [3.63, 3.8) is 0 Å². The van der Waals surface area contributed by atoms with Crippen molar-refractivity contribution in [1.82, 2.24) is 0 Å². The molecular formula is C15H20O3. The van der Waals surface area contributed by atoms with Gasteiger partial charge in [-0.1, -0.05) is 37.3 Å². The highest BCUT2D eigenvalue weighted by Crippen LogP contribution is 2.04. The maximum atomic E-state index is 11.6. The number of benzene rings is 1. The fraction of sp³-hybridized carbons (Fsp3) is 0.467. The largest absolute Gasteiger partial charge is 0.465 e. The summed E-state index contributed by atoms with van der Waals surface area (Å²) >= 11 is 0. The molecule has 0 saturated carbocycles. The molecule has 0 fully saturated rings. The van der Waals surface area contributed by atoms with Crippen molar-refractivity contribution in [2.24, 2.45) is 0 Å². The summed E-state index contributed by atoms with van der Waals surface area (Å²) in [5, 5.41) is 0. The van der Waals surface area contributed by atoms with Gasteiger partial charge in [0, 0.05) is 19.3 Å². The molecule has 0 saturated heterocycles. The Morgan fingerprint density at radius 1 is 1.06 bits per heavy atom. The highest BCUT2D eigenvalue weighted by atomic mass is 16.5. The zero-order chi connectivity index (χ0) is 13.2. The molecular weight excluding hydrogens is 228 g/mol. The molecule has 0 heterocycles. The Morgan fingerprint density at radius 2 is 1.78 bits per heavy atom. The van der Waals surface area contributed by atoms with Crippen molar-refractivity contribution < 1.29 is 14.3 Å². The SMILES string of the molecule is CCCC(=O)OCCC(=O)CCc1ccccc1. The van der Waals surface area contributed by atoms with Crippen LogP contribution in [0.1, 0.15) is 38.2 Å². The van der Waals surface area contributed by atoms with E-state index in [4.69, 9.17) is 4.74 Å². The monoisotopic (exact) mass is 248 g/mol. The normalized spacial score (nSPS) is 10.1. The maximum absolute atomic E-state index is 11.6. The first-order valence-corrected chi connectivity index (χ1v) is 6.43. The highest BCUT2D eigenvalue weighted by Gasteiger charge is 2.05. The van der Waals surface area contributed by atoms with Crippen LogP contribution in [0, 0.1) is 0 Å². The fourth-order valence-electron chi connectivity index (χ4n) is 1.61. The van der Waals surface area contributed by atoms with Gasteiger partial charge in [0.05, 0.1) is 6.61 Å². The predicted octanol–water partition coefficient (Wildman–Crippen LogP) is 2.92.